The van der Waals surface area contributed by atoms with E-state index in [4.69, 9.17) is 4.74 Å². The average Bonchev–Trinajstić information content (AvgIpc) is 2.58. The third kappa shape index (κ3) is 5.73. The van der Waals surface area contributed by atoms with Crippen LogP contribution in [-0.2, 0) is 14.3 Å². The highest BCUT2D eigenvalue weighted by atomic mass is 19.4. The summed E-state index contributed by atoms with van der Waals surface area (Å²) >= 11 is 0. The molecule has 0 saturated carbocycles. The van der Waals surface area contributed by atoms with Gasteiger partial charge in [0.05, 0.1) is 13.2 Å². The molecular weight excluding hydrogens is 329 g/mol. The maximum absolute atomic E-state index is 12.1. The Morgan fingerprint density at radius 1 is 1.29 bits per heavy atom. The molecule has 1 aliphatic heterocycles. The lowest BCUT2D eigenvalue weighted by molar-refractivity contribution is -0.160. The summed E-state index contributed by atoms with van der Waals surface area (Å²) in [5.74, 6) is -0.414. The molecule has 132 valence electrons. The molecule has 24 heavy (non-hydrogen) atoms. The Hall–Kier alpha value is -2.29. The fraction of sp³-hybridized carbons (Fsp3) is 0.467. The molecule has 1 fully saturated rings. The van der Waals surface area contributed by atoms with Crippen molar-refractivity contribution in [2.24, 2.45) is 0 Å². The van der Waals surface area contributed by atoms with Gasteiger partial charge in [-0.05, 0) is 5.56 Å². The minimum Gasteiger partial charge on any atom is -0.440 e. The van der Waals surface area contributed by atoms with Gasteiger partial charge in [-0.2, -0.15) is 13.2 Å². The summed E-state index contributed by atoms with van der Waals surface area (Å²) in [7, 11) is 0. The van der Waals surface area contributed by atoms with Gasteiger partial charge in [-0.15, -0.1) is 0 Å². The molecule has 6 nitrogen and oxygen atoms in total. The zero-order valence-electron chi connectivity index (χ0n) is 12.7. The molecule has 0 unspecified atom stereocenters. The third-order valence-electron chi connectivity index (χ3n) is 3.34. The van der Waals surface area contributed by atoms with Crippen molar-refractivity contribution in [2.45, 2.75) is 12.3 Å². The Labute approximate surface area is 136 Å². The minimum atomic E-state index is -4.60. The molecule has 0 aromatic heterocycles. The van der Waals surface area contributed by atoms with E-state index in [0.29, 0.717) is 19.7 Å². The SMILES string of the molecule is O=C(NCC(=O)N1CCO[C@H](c2ccccc2)C1)OCC(F)(F)F. The number of hydrogen-bond acceptors (Lipinski definition) is 4. The number of carbonyl (C=O) groups excluding carboxylic acids is 2. The number of rotatable bonds is 4. The van der Waals surface area contributed by atoms with Gasteiger partial charge in [0, 0.05) is 6.54 Å². The van der Waals surface area contributed by atoms with Crippen molar-refractivity contribution >= 4 is 12.0 Å². The molecule has 2 rings (SSSR count). The van der Waals surface area contributed by atoms with E-state index >= 15 is 0 Å². The van der Waals surface area contributed by atoms with Crippen LogP contribution in [0.3, 0.4) is 0 Å². The van der Waals surface area contributed by atoms with E-state index in [-0.39, 0.29) is 6.10 Å². The second-order valence-corrected chi connectivity index (χ2v) is 5.15. The number of amides is 2. The number of hydrogen-bond donors (Lipinski definition) is 1. The highest BCUT2D eigenvalue weighted by Crippen LogP contribution is 2.21. The van der Waals surface area contributed by atoms with Gasteiger partial charge in [0.1, 0.15) is 12.6 Å². The van der Waals surface area contributed by atoms with E-state index in [1.165, 1.54) is 4.90 Å². The lowest BCUT2D eigenvalue weighted by atomic mass is 10.1. The molecule has 2 amide bonds. The van der Waals surface area contributed by atoms with Crippen LogP contribution < -0.4 is 5.32 Å². The first kappa shape index (κ1) is 18.1. The van der Waals surface area contributed by atoms with Crippen LogP contribution in [0.2, 0.25) is 0 Å². The van der Waals surface area contributed by atoms with Gasteiger partial charge in [0.15, 0.2) is 6.61 Å². The fourth-order valence-electron chi connectivity index (χ4n) is 2.20. The first-order valence-electron chi connectivity index (χ1n) is 7.27. The first-order valence-corrected chi connectivity index (χ1v) is 7.27. The smallest absolute Gasteiger partial charge is 0.422 e. The Morgan fingerprint density at radius 3 is 2.67 bits per heavy atom. The molecule has 1 atom stereocenters. The minimum absolute atomic E-state index is 0.277. The van der Waals surface area contributed by atoms with Gasteiger partial charge in [-0.3, -0.25) is 4.79 Å². The number of halogens is 3. The van der Waals surface area contributed by atoms with Gasteiger partial charge >= 0.3 is 12.3 Å². The molecule has 0 aliphatic carbocycles. The van der Waals surface area contributed by atoms with E-state index in [2.05, 4.69) is 4.74 Å². The number of carbonyl (C=O) groups is 2. The van der Waals surface area contributed by atoms with Gasteiger partial charge in [0.25, 0.3) is 0 Å². The van der Waals surface area contributed by atoms with Crippen LogP contribution in [-0.4, -0.2) is 55.9 Å². The van der Waals surface area contributed by atoms with E-state index in [9.17, 15) is 22.8 Å². The van der Waals surface area contributed by atoms with Gasteiger partial charge in [0.2, 0.25) is 5.91 Å². The number of alkyl carbamates (subject to hydrolysis) is 1. The van der Waals surface area contributed by atoms with Crippen molar-refractivity contribution in [1.82, 2.24) is 10.2 Å². The van der Waals surface area contributed by atoms with Crippen LogP contribution in [0.15, 0.2) is 30.3 Å². The predicted octanol–water partition coefficient (Wildman–Crippen LogP) is 1.87. The first-order chi connectivity index (χ1) is 11.3. The highest BCUT2D eigenvalue weighted by molar-refractivity contribution is 5.82. The van der Waals surface area contributed by atoms with Crippen LogP contribution in [0.1, 0.15) is 11.7 Å². The summed E-state index contributed by atoms with van der Waals surface area (Å²) in [6, 6.07) is 9.35. The molecule has 1 aliphatic rings. The Morgan fingerprint density at radius 2 is 2.00 bits per heavy atom. The maximum atomic E-state index is 12.1. The van der Waals surface area contributed by atoms with Gasteiger partial charge in [-0.25, -0.2) is 4.79 Å². The maximum Gasteiger partial charge on any atom is 0.422 e. The van der Waals surface area contributed by atoms with E-state index < -0.39 is 31.3 Å². The monoisotopic (exact) mass is 346 g/mol. The standard InChI is InChI=1S/C15H17F3N2O4/c16-15(17,18)10-24-14(22)19-8-13(21)20-6-7-23-12(9-20)11-4-2-1-3-5-11/h1-5,12H,6-10H2,(H,19,22)/t12-/m0/s1. The summed E-state index contributed by atoms with van der Waals surface area (Å²) in [4.78, 5) is 24.7. The molecule has 1 aromatic rings. The zero-order chi connectivity index (χ0) is 17.6. The quantitative estimate of drug-likeness (QED) is 0.904. The summed E-state index contributed by atoms with van der Waals surface area (Å²) in [5.41, 5.74) is 0.924. The molecule has 1 heterocycles. The fourth-order valence-corrected chi connectivity index (χ4v) is 2.20. The number of nitrogens with one attached hydrogen (secondary N) is 1. The largest absolute Gasteiger partial charge is 0.440 e. The van der Waals surface area contributed by atoms with Gasteiger partial charge in [-0.1, -0.05) is 30.3 Å². The lowest BCUT2D eigenvalue weighted by Gasteiger charge is -2.33. The molecule has 1 aromatic carbocycles. The number of morpholine rings is 1. The number of benzene rings is 1. The molecule has 0 spiro atoms. The van der Waals surface area contributed by atoms with Crippen LogP contribution in [0.4, 0.5) is 18.0 Å². The van der Waals surface area contributed by atoms with Crippen molar-refractivity contribution in [2.75, 3.05) is 32.8 Å². The summed E-state index contributed by atoms with van der Waals surface area (Å²) in [6.07, 6.45) is -6.16. The second-order valence-electron chi connectivity index (χ2n) is 5.15. The number of ether oxygens (including phenoxy) is 2. The van der Waals surface area contributed by atoms with Crippen molar-refractivity contribution in [1.29, 1.82) is 0 Å². The van der Waals surface area contributed by atoms with Crippen molar-refractivity contribution < 1.29 is 32.2 Å². The Balaban J connectivity index is 1.79. The van der Waals surface area contributed by atoms with Crippen molar-refractivity contribution in [3.05, 3.63) is 35.9 Å². The van der Waals surface area contributed by atoms with E-state index in [1.54, 1.807) is 0 Å². The Kier molecular flexibility index (Phi) is 6.02. The van der Waals surface area contributed by atoms with Crippen LogP contribution in [0.5, 0.6) is 0 Å². The molecule has 9 heteroatoms. The van der Waals surface area contributed by atoms with Crippen LogP contribution >= 0.6 is 0 Å². The van der Waals surface area contributed by atoms with Gasteiger partial charge < -0.3 is 19.7 Å². The normalized spacial score (nSPS) is 18.1. The topological polar surface area (TPSA) is 67.9 Å². The molecule has 0 radical (unpaired) electrons. The van der Waals surface area contributed by atoms with Crippen molar-refractivity contribution in [3.63, 3.8) is 0 Å². The molecule has 1 saturated heterocycles. The third-order valence-corrected chi connectivity index (χ3v) is 3.34. The lowest BCUT2D eigenvalue weighted by Crippen LogP contribution is -2.46. The van der Waals surface area contributed by atoms with E-state index in [1.807, 2.05) is 35.6 Å². The second kappa shape index (κ2) is 8.00. The summed E-state index contributed by atoms with van der Waals surface area (Å²) in [6.45, 7) is -1.13. The molecular formula is C15H17F3N2O4. The van der Waals surface area contributed by atoms with Crippen LogP contribution in [0, 0.1) is 0 Å². The van der Waals surface area contributed by atoms with E-state index in [0.717, 1.165) is 5.56 Å². The summed E-state index contributed by atoms with van der Waals surface area (Å²) in [5, 5.41) is 2.01. The predicted molar refractivity (Wildman–Crippen MR) is 77.1 cm³/mol. The van der Waals surface area contributed by atoms with Crippen molar-refractivity contribution in [3.8, 4) is 0 Å². The zero-order valence-corrected chi connectivity index (χ0v) is 12.7. The molecule has 0 bridgehead atoms. The Bertz CT molecular complexity index is 566. The van der Waals surface area contributed by atoms with Crippen LogP contribution in [0.25, 0.3) is 0 Å². The summed E-state index contributed by atoms with van der Waals surface area (Å²) < 4.78 is 45.3. The highest BCUT2D eigenvalue weighted by Gasteiger charge is 2.30. The molecule has 1 N–H and O–H groups in total. The number of alkyl halides is 3. The number of nitrogens with zero attached hydrogens (tertiary/aromatic N) is 1. The average molecular weight is 346 g/mol.